The van der Waals surface area contributed by atoms with Gasteiger partial charge in [0.15, 0.2) is 5.09 Å². The predicted molar refractivity (Wildman–Crippen MR) is 101 cm³/mol. The van der Waals surface area contributed by atoms with Crippen LogP contribution in [0.4, 0.5) is 0 Å². The average Bonchev–Trinajstić information content (AvgIpc) is 3.05. The summed E-state index contributed by atoms with van der Waals surface area (Å²) < 4.78 is 5.63. The van der Waals surface area contributed by atoms with E-state index in [2.05, 4.69) is 10.5 Å². The molecule has 1 N–H and O–H groups in total. The van der Waals surface area contributed by atoms with Crippen LogP contribution in [-0.4, -0.2) is 12.1 Å². The molecule has 0 atom stereocenters. The number of carbonyl (C=O) groups excluding carboxylic acids is 1. The molecule has 0 unspecified atom stereocenters. The van der Waals surface area contributed by atoms with Gasteiger partial charge in [-0.05, 0) is 60.7 Å². The highest BCUT2D eigenvalue weighted by molar-refractivity contribution is 7.99. The fourth-order valence-electron chi connectivity index (χ4n) is 1.90. The lowest BCUT2D eigenvalue weighted by Gasteiger charge is -1.99. The van der Waals surface area contributed by atoms with Crippen LogP contribution in [0.3, 0.4) is 0 Å². The molecule has 7 heteroatoms. The SMILES string of the molecule is O=C(N/N=C\c1ccc(Sc2ccc(Cl)cc2)o1)c1ccc(Cl)cc1. The first-order valence-corrected chi connectivity index (χ1v) is 8.79. The summed E-state index contributed by atoms with van der Waals surface area (Å²) >= 11 is 13.1. The molecule has 0 spiro atoms. The second-order valence-corrected chi connectivity index (χ2v) is 6.87. The van der Waals surface area contributed by atoms with Crippen molar-refractivity contribution in [2.45, 2.75) is 9.99 Å². The van der Waals surface area contributed by atoms with Gasteiger partial charge in [-0.2, -0.15) is 5.10 Å². The lowest BCUT2D eigenvalue weighted by molar-refractivity contribution is 0.0955. The first-order valence-electron chi connectivity index (χ1n) is 7.22. The van der Waals surface area contributed by atoms with Crippen molar-refractivity contribution >= 4 is 47.1 Å². The first-order chi connectivity index (χ1) is 12.1. The van der Waals surface area contributed by atoms with E-state index in [1.165, 1.54) is 18.0 Å². The molecule has 0 fully saturated rings. The zero-order valence-electron chi connectivity index (χ0n) is 12.8. The number of carbonyl (C=O) groups is 1. The third-order valence-corrected chi connectivity index (χ3v) is 4.53. The van der Waals surface area contributed by atoms with Crippen LogP contribution in [0, 0.1) is 0 Å². The Hall–Kier alpha value is -2.21. The van der Waals surface area contributed by atoms with Gasteiger partial charge in [-0.3, -0.25) is 4.79 Å². The van der Waals surface area contributed by atoms with Crippen molar-refractivity contribution in [3.05, 3.63) is 82.0 Å². The van der Waals surface area contributed by atoms with Crippen molar-refractivity contribution in [3.8, 4) is 0 Å². The van der Waals surface area contributed by atoms with Crippen LogP contribution in [0.5, 0.6) is 0 Å². The third-order valence-electron chi connectivity index (χ3n) is 3.10. The molecule has 25 heavy (non-hydrogen) atoms. The van der Waals surface area contributed by atoms with Crippen LogP contribution in [0.1, 0.15) is 16.1 Å². The molecule has 0 aliphatic heterocycles. The van der Waals surface area contributed by atoms with Crippen LogP contribution in [0.2, 0.25) is 10.0 Å². The van der Waals surface area contributed by atoms with Crippen molar-refractivity contribution < 1.29 is 9.21 Å². The van der Waals surface area contributed by atoms with Gasteiger partial charge in [-0.15, -0.1) is 0 Å². The second kappa shape index (κ2) is 8.25. The molecule has 1 heterocycles. The van der Waals surface area contributed by atoms with Gasteiger partial charge in [-0.25, -0.2) is 5.43 Å². The lowest BCUT2D eigenvalue weighted by atomic mass is 10.2. The molecule has 3 rings (SSSR count). The standard InChI is InChI=1S/C18H12Cl2N2O2S/c19-13-3-1-12(2-4-13)18(23)22-21-11-15-7-10-17(24-15)25-16-8-5-14(20)6-9-16/h1-11H,(H,22,23)/b21-11-. The Morgan fingerprint density at radius 1 is 0.960 bits per heavy atom. The summed E-state index contributed by atoms with van der Waals surface area (Å²) in [5.74, 6) is 0.211. The highest BCUT2D eigenvalue weighted by Crippen LogP contribution is 2.29. The highest BCUT2D eigenvalue weighted by Gasteiger charge is 2.05. The van der Waals surface area contributed by atoms with Crippen molar-refractivity contribution in [1.29, 1.82) is 0 Å². The molecule has 126 valence electrons. The monoisotopic (exact) mass is 390 g/mol. The summed E-state index contributed by atoms with van der Waals surface area (Å²) in [6.07, 6.45) is 1.44. The molecule has 0 saturated carbocycles. The van der Waals surface area contributed by atoms with Crippen LogP contribution < -0.4 is 5.43 Å². The van der Waals surface area contributed by atoms with Gasteiger partial charge >= 0.3 is 0 Å². The quantitative estimate of drug-likeness (QED) is 0.462. The van der Waals surface area contributed by atoms with Gasteiger partial charge in [0.25, 0.3) is 5.91 Å². The Labute approximate surface area is 158 Å². The Morgan fingerprint density at radius 2 is 1.60 bits per heavy atom. The van der Waals surface area contributed by atoms with Crippen LogP contribution >= 0.6 is 35.0 Å². The summed E-state index contributed by atoms with van der Waals surface area (Å²) in [5, 5.41) is 5.87. The summed E-state index contributed by atoms with van der Waals surface area (Å²) in [6, 6.07) is 17.6. The smallest absolute Gasteiger partial charge is 0.271 e. The van der Waals surface area contributed by atoms with Gasteiger partial charge < -0.3 is 4.42 Å². The Balaban J connectivity index is 1.57. The lowest BCUT2D eigenvalue weighted by Crippen LogP contribution is -2.17. The van der Waals surface area contributed by atoms with Gasteiger partial charge in [0, 0.05) is 20.5 Å². The molecule has 0 bridgehead atoms. The fourth-order valence-corrected chi connectivity index (χ4v) is 2.93. The Kier molecular flexibility index (Phi) is 5.81. The van der Waals surface area contributed by atoms with Gasteiger partial charge in [0.05, 0.1) is 6.21 Å². The minimum absolute atomic E-state index is 0.324. The number of hydrogen-bond donors (Lipinski definition) is 1. The zero-order chi connectivity index (χ0) is 17.6. The molecule has 0 radical (unpaired) electrons. The molecule has 0 saturated heterocycles. The van der Waals surface area contributed by atoms with E-state index in [1.54, 1.807) is 30.3 Å². The number of nitrogens with zero attached hydrogens (tertiary/aromatic N) is 1. The van der Waals surface area contributed by atoms with Gasteiger partial charge in [0.2, 0.25) is 0 Å². The molecular weight excluding hydrogens is 379 g/mol. The minimum atomic E-state index is -0.324. The Bertz CT molecular complexity index is 890. The number of hydrogen-bond acceptors (Lipinski definition) is 4. The maximum absolute atomic E-state index is 11.9. The highest BCUT2D eigenvalue weighted by atomic mass is 35.5. The predicted octanol–water partition coefficient (Wildman–Crippen LogP) is 5.50. The van der Waals surface area contributed by atoms with Crippen molar-refractivity contribution in [1.82, 2.24) is 5.43 Å². The average molecular weight is 391 g/mol. The third kappa shape index (κ3) is 5.13. The van der Waals surface area contributed by atoms with Crippen LogP contribution in [0.25, 0.3) is 0 Å². The van der Waals surface area contributed by atoms with E-state index in [1.807, 2.05) is 30.3 Å². The number of halogens is 2. The molecule has 2 aromatic carbocycles. The normalized spacial score (nSPS) is 11.0. The van der Waals surface area contributed by atoms with E-state index in [-0.39, 0.29) is 5.91 Å². The van der Waals surface area contributed by atoms with Gasteiger partial charge in [-0.1, -0.05) is 35.0 Å². The van der Waals surface area contributed by atoms with Crippen molar-refractivity contribution in [2.75, 3.05) is 0 Å². The number of nitrogens with one attached hydrogen (secondary N) is 1. The first kappa shape index (κ1) is 17.6. The van der Waals surface area contributed by atoms with E-state index in [4.69, 9.17) is 27.6 Å². The molecule has 1 aromatic heterocycles. The number of hydrazone groups is 1. The number of benzene rings is 2. The van der Waals surface area contributed by atoms with Crippen LogP contribution in [0.15, 0.2) is 80.2 Å². The molecule has 1 amide bonds. The molecule has 3 aromatic rings. The number of amides is 1. The zero-order valence-corrected chi connectivity index (χ0v) is 15.1. The van der Waals surface area contributed by atoms with E-state index >= 15 is 0 Å². The summed E-state index contributed by atoms with van der Waals surface area (Å²) in [6.45, 7) is 0. The largest absolute Gasteiger partial charge is 0.448 e. The summed E-state index contributed by atoms with van der Waals surface area (Å²) in [7, 11) is 0. The maximum Gasteiger partial charge on any atom is 0.271 e. The topological polar surface area (TPSA) is 54.6 Å². The van der Waals surface area contributed by atoms with Crippen molar-refractivity contribution in [3.63, 3.8) is 0 Å². The maximum atomic E-state index is 11.9. The van der Waals surface area contributed by atoms with Crippen molar-refractivity contribution in [2.24, 2.45) is 5.10 Å². The Morgan fingerprint density at radius 3 is 2.28 bits per heavy atom. The molecule has 0 aliphatic carbocycles. The number of furan rings is 1. The van der Waals surface area contributed by atoms with E-state index in [0.717, 1.165) is 4.90 Å². The molecular formula is C18H12Cl2N2O2S. The van der Waals surface area contributed by atoms with E-state index in [9.17, 15) is 4.79 Å². The van der Waals surface area contributed by atoms with Gasteiger partial charge in [0.1, 0.15) is 5.76 Å². The van der Waals surface area contributed by atoms with Crippen LogP contribution in [-0.2, 0) is 0 Å². The minimum Gasteiger partial charge on any atom is -0.448 e. The van der Waals surface area contributed by atoms with E-state index < -0.39 is 0 Å². The number of rotatable bonds is 5. The summed E-state index contributed by atoms with van der Waals surface area (Å²) in [5.41, 5.74) is 2.91. The summed E-state index contributed by atoms with van der Waals surface area (Å²) in [4.78, 5) is 12.9. The van der Waals surface area contributed by atoms with E-state index in [0.29, 0.717) is 26.5 Å². The second-order valence-electron chi connectivity index (χ2n) is 4.92. The fraction of sp³-hybridized carbons (Fsp3) is 0. The molecule has 4 nitrogen and oxygen atoms in total. The molecule has 0 aliphatic rings.